The number of rotatable bonds is 13. The van der Waals surface area contributed by atoms with Gasteiger partial charge in [0.05, 0.1) is 0 Å². The Balaban J connectivity index is 3.45. The Morgan fingerprint density at radius 3 is 1.79 bits per heavy atom. The average Bonchev–Trinajstić information content (AvgIpc) is 2.45. The van der Waals surface area contributed by atoms with E-state index in [1.807, 2.05) is 0 Å². The maximum absolute atomic E-state index is 11.6. The number of carbonyl (C=O) groups is 2. The summed E-state index contributed by atoms with van der Waals surface area (Å²) in [5.41, 5.74) is 0.360. The Labute approximate surface area is 162 Å². The van der Waals surface area contributed by atoms with Crippen LogP contribution in [0.1, 0.15) is 98.8 Å². The Kier molecular flexibility index (Phi) is 14.0. The second kappa shape index (κ2) is 14.1. The van der Waals surface area contributed by atoms with E-state index in [1.165, 1.54) is 12.8 Å². The molecule has 0 aliphatic heterocycles. The average molecular weight is 536 g/mol. The molecule has 0 aliphatic rings. The summed E-state index contributed by atoms with van der Waals surface area (Å²) in [6, 6.07) is 0. The van der Waals surface area contributed by atoms with Crippen molar-refractivity contribution in [2.45, 2.75) is 98.8 Å². The van der Waals surface area contributed by atoms with Gasteiger partial charge in [0.25, 0.3) is 0 Å². The summed E-state index contributed by atoms with van der Waals surface area (Å²) < 4.78 is 10.3. The maximum atomic E-state index is 11.6. The molecule has 0 aromatic rings. The molecular weight excluding hydrogens is 499 g/mol. The first-order valence-electron chi connectivity index (χ1n) is 9.35. The standard InChI is InChI=1S/C10H20O2.C9H18O2.Pb/c1-10(2,3)8-6-4-5-7-9(11)12;1-8(2)6-4-3-5-7-9(10)11;/h4-8H2,1-3H3,(H,11,12);8H,3-7H2,1-2H3,(H,10,11);/q;;+2/p-2. The molecule has 0 heterocycles. The van der Waals surface area contributed by atoms with Crippen molar-refractivity contribution in [3.63, 3.8) is 0 Å². The summed E-state index contributed by atoms with van der Waals surface area (Å²) in [7, 11) is 0. The molecule has 0 aliphatic carbocycles. The van der Waals surface area contributed by atoms with Crippen molar-refractivity contribution < 1.29 is 15.0 Å². The zero-order valence-corrected chi connectivity index (χ0v) is 20.2. The van der Waals surface area contributed by atoms with E-state index < -0.39 is 25.1 Å². The molecule has 0 saturated carbocycles. The quantitative estimate of drug-likeness (QED) is 0.240. The van der Waals surface area contributed by atoms with Crippen LogP contribution in [0.3, 0.4) is 0 Å². The summed E-state index contributed by atoms with van der Waals surface area (Å²) in [6.45, 7) is 11.1. The third-order valence-electron chi connectivity index (χ3n) is 3.78. The van der Waals surface area contributed by atoms with E-state index in [0.717, 1.165) is 44.4 Å². The first-order valence-corrected chi connectivity index (χ1v) is 12.5. The first-order chi connectivity index (χ1) is 11.2. The van der Waals surface area contributed by atoms with E-state index in [-0.39, 0.29) is 11.9 Å². The van der Waals surface area contributed by atoms with Gasteiger partial charge >= 0.3 is 162 Å². The molecule has 0 bridgehead atoms. The van der Waals surface area contributed by atoms with E-state index in [9.17, 15) is 9.59 Å². The summed E-state index contributed by atoms with van der Waals surface area (Å²) in [5, 5.41) is 0. The van der Waals surface area contributed by atoms with Crippen molar-refractivity contribution in [1.82, 2.24) is 0 Å². The Hall–Kier alpha value is -0.138. The van der Waals surface area contributed by atoms with Crippen LogP contribution in [-0.4, -0.2) is 37.1 Å². The van der Waals surface area contributed by atoms with Crippen molar-refractivity contribution in [2.24, 2.45) is 11.3 Å². The van der Waals surface area contributed by atoms with Crippen molar-refractivity contribution >= 4 is 37.1 Å². The molecule has 0 spiro atoms. The van der Waals surface area contributed by atoms with Gasteiger partial charge in [-0.05, 0) is 0 Å². The van der Waals surface area contributed by atoms with E-state index in [1.54, 1.807) is 0 Å². The third-order valence-corrected chi connectivity index (χ3v) is 6.20. The van der Waals surface area contributed by atoms with Crippen LogP contribution in [-0.2, 0) is 15.0 Å². The molecule has 140 valence electrons. The molecule has 0 aromatic carbocycles. The van der Waals surface area contributed by atoms with E-state index in [0.29, 0.717) is 18.3 Å². The van der Waals surface area contributed by atoms with Crippen molar-refractivity contribution in [2.75, 3.05) is 0 Å². The molecule has 0 amide bonds. The van der Waals surface area contributed by atoms with Crippen molar-refractivity contribution in [3.05, 3.63) is 0 Å². The van der Waals surface area contributed by atoms with Gasteiger partial charge in [-0.25, -0.2) is 0 Å². The number of unbranched alkanes of at least 4 members (excludes halogenated alkanes) is 4. The molecule has 0 saturated heterocycles. The van der Waals surface area contributed by atoms with E-state index >= 15 is 0 Å². The summed E-state index contributed by atoms with van der Waals surface area (Å²) >= 11 is -2.00. The minimum absolute atomic E-state index is 0.194. The van der Waals surface area contributed by atoms with Crippen LogP contribution in [0, 0.1) is 11.3 Å². The topological polar surface area (TPSA) is 52.6 Å². The zero-order chi connectivity index (χ0) is 18.4. The fourth-order valence-electron chi connectivity index (χ4n) is 2.32. The zero-order valence-electron chi connectivity index (χ0n) is 16.3. The summed E-state index contributed by atoms with van der Waals surface area (Å²) in [5.74, 6) is 0.333. The van der Waals surface area contributed by atoms with Crippen LogP contribution < -0.4 is 0 Å². The van der Waals surface area contributed by atoms with Gasteiger partial charge in [0.2, 0.25) is 0 Å². The predicted octanol–water partition coefficient (Wildman–Crippen LogP) is 5.21. The first kappa shape index (κ1) is 23.9. The van der Waals surface area contributed by atoms with Crippen LogP contribution >= 0.6 is 0 Å². The normalized spacial score (nSPS) is 11.6. The minimum atomic E-state index is -2.00. The Morgan fingerprint density at radius 2 is 1.33 bits per heavy atom. The fourth-order valence-corrected chi connectivity index (χ4v) is 3.99. The van der Waals surface area contributed by atoms with Gasteiger partial charge < -0.3 is 0 Å². The SMILES string of the molecule is CC(C)CCCCCC(=O)[O][Pb][O]C(=O)CCCCCC(C)(C)C. The monoisotopic (exact) mass is 536 g/mol. The van der Waals surface area contributed by atoms with Crippen LogP contribution in [0.2, 0.25) is 0 Å². The van der Waals surface area contributed by atoms with Gasteiger partial charge in [-0.3, -0.25) is 0 Å². The molecule has 0 unspecified atom stereocenters. The van der Waals surface area contributed by atoms with Gasteiger partial charge in [-0.2, -0.15) is 0 Å². The second-order valence-electron chi connectivity index (χ2n) is 8.15. The fraction of sp³-hybridized carbons (Fsp3) is 0.895. The van der Waals surface area contributed by atoms with Crippen LogP contribution in [0.5, 0.6) is 0 Å². The molecule has 0 aromatic heterocycles. The Morgan fingerprint density at radius 1 is 0.833 bits per heavy atom. The van der Waals surface area contributed by atoms with Crippen LogP contribution in [0.4, 0.5) is 0 Å². The van der Waals surface area contributed by atoms with Crippen molar-refractivity contribution in [3.8, 4) is 0 Å². The summed E-state index contributed by atoms with van der Waals surface area (Å²) in [6.07, 6.45) is 9.45. The molecule has 0 N–H and O–H groups in total. The molecule has 4 nitrogen and oxygen atoms in total. The molecule has 24 heavy (non-hydrogen) atoms. The van der Waals surface area contributed by atoms with Crippen molar-refractivity contribution in [1.29, 1.82) is 0 Å². The van der Waals surface area contributed by atoms with Crippen LogP contribution in [0.15, 0.2) is 0 Å². The molecule has 0 atom stereocenters. The van der Waals surface area contributed by atoms with Gasteiger partial charge in [0.1, 0.15) is 0 Å². The third kappa shape index (κ3) is 18.2. The molecule has 0 fully saturated rings. The predicted molar refractivity (Wildman–Crippen MR) is 98.4 cm³/mol. The van der Waals surface area contributed by atoms with Gasteiger partial charge in [-0.15, -0.1) is 0 Å². The molecule has 2 radical (unpaired) electrons. The molecule has 0 rings (SSSR count). The van der Waals surface area contributed by atoms with Gasteiger partial charge in [0, 0.05) is 0 Å². The molecule has 5 heteroatoms. The van der Waals surface area contributed by atoms with Gasteiger partial charge in [0.15, 0.2) is 0 Å². The Bertz CT molecular complexity index is 348. The number of hydrogen-bond acceptors (Lipinski definition) is 4. The van der Waals surface area contributed by atoms with Crippen LogP contribution in [0.25, 0.3) is 0 Å². The number of carbonyl (C=O) groups excluding carboxylic acids is 2. The summed E-state index contributed by atoms with van der Waals surface area (Å²) in [4.78, 5) is 23.1. The second-order valence-corrected chi connectivity index (χ2v) is 10.4. The van der Waals surface area contributed by atoms with E-state index in [4.69, 9.17) is 5.37 Å². The van der Waals surface area contributed by atoms with Gasteiger partial charge in [-0.1, -0.05) is 0 Å². The number of hydrogen-bond donors (Lipinski definition) is 0. The molecular formula is C19H36O4Pb. The van der Waals surface area contributed by atoms with E-state index in [2.05, 4.69) is 34.6 Å².